The van der Waals surface area contributed by atoms with E-state index in [4.69, 9.17) is 4.74 Å². The lowest BCUT2D eigenvalue weighted by Crippen LogP contribution is -2.55. The fraction of sp³-hybridized carbons (Fsp3) is 0.440. The Morgan fingerprint density at radius 3 is 2.34 bits per heavy atom. The van der Waals surface area contributed by atoms with E-state index in [2.05, 4.69) is 6.07 Å². The van der Waals surface area contributed by atoms with Gasteiger partial charge < -0.3 is 9.64 Å². The minimum Gasteiger partial charge on any atom is -0.445 e. The molecule has 0 saturated carbocycles. The van der Waals surface area contributed by atoms with Gasteiger partial charge in [0.25, 0.3) is 0 Å². The van der Waals surface area contributed by atoms with E-state index in [0.717, 1.165) is 48.8 Å². The molecule has 2 unspecified atom stereocenters. The molecule has 2 heterocycles. The van der Waals surface area contributed by atoms with Crippen molar-refractivity contribution in [2.75, 3.05) is 0 Å². The smallest absolute Gasteiger partial charge is 0.410 e. The molecule has 0 N–H and O–H groups in total. The Bertz CT molecular complexity index is 878. The molecular weight excluding hydrogens is 362 g/mol. The molecule has 4 nitrogen and oxygen atoms in total. The number of hydrogen-bond donors (Lipinski definition) is 0. The summed E-state index contributed by atoms with van der Waals surface area (Å²) in [5, 5.41) is 0. The molecule has 4 rings (SSSR count). The van der Waals surface area contributed by atoms with Gasteiger partial charge in [-0.05, 0) is 57.1 Å². The van der Waals surface area contributed by atoms with E-state index in [-0.39, 0.29) is 29.9 Å². The number of nitrogens with zero attached hydrogens (tertiary/aromatic N) is 1. The third kappa shape index (κ3) is 4.21. The van der Waals surface area contributed by atoms with Crippen molar-refractivity contribution < 1.29 is 14.3 Å². The molecular formula is C25H29NO3. The van der Waals surface area contributed by atoms with Crippen molar-refractivity contribution in [1.82, 2.24) is 4.90 Å². The van der Waals surface area contributed by atoms with E-state index in [1.165, 1.54) is 5.56 Å². The number of carbonyl (C=O) groups excluding carboxylic acids is 2. The van der Waals surface area contributed by atoms with Gasteiger partial charge in [-0.15, -0.1) is 0 Å². The quantitative estimate of drug-likeness (QED) is 0.651. The molecule has 2 aliphatic heterocycles. The van der Waals surface area contributed by atoms with Crippen LogP contribution >= 0.6 is 0 Å². The van der Waals surface area contributed by atoms with E-state index < -0.39 is 0 Å². The number of rotatable bonds is 4. The summed E-state index contributed by atoms with van der Waals surface area (Å²) < 4.78 is 5.62. The van der Waals surface area contributed by atoms with Gasteiger partial charge in [-0.25, -0.2) is 4.79 Å². The van der Waals surface area contributed by atoms with Crippen LogP contribution in [0.4, 0.5) is 4.79 Å². The molecule has 2 aromatic carbocycles. The molecule has 2 aliphatic rings. The van der Waals surface area contributed by atoms with Crippen molar-refractivity contribution >= 4 is 11.9 Å². The first-order valence-corrected chi connectivity index (χ1v) is 10.6. The van der Waals surface area contributed by atoms with E-state index in [1.54, 1.807) is 0 Å². The van der Waals surface area contributed by atoms with Crippen molar-refractivity contribution in [1.29, 1.82) is 0 Å². The van der Waals surface area contributed by atoms with Crippen LogP contribution in [0.5, 0.6) is 0 Å². The van der Waals surface area contributed by atoms with Crippen molar-refractivity contribution in [2.24, 2.45) is 5.92 Å². The number of ketones is 1. The predicted molar refractivity (Wildman–Crippen MR) is 113 cm³/mol. The zero-order valence-corrected chi connectivity index (χ0v) is 17.3. The third-order valence-electron chi connectivity index (χ3n) is 6.41. The van der Waals surface area contributed by atoms with Crippen LogP contribution in [0.1, 0.15) is 59.2 Å². The number of ether oxygens (including phenoxy) is 1. The highest BCUT2D eigenvalue weighted by atomic mass is 16.6. The third-order valence-corrected chi connectivity index (χ3v) is 6.41. The van der Waals surface area contributed by atoms with Crippen LogP contribution in [-0.4, -0.2) is 28.9 Å². The summed E-state index contributed by atoms with van der Waals surface area (Å²) in [5.74, 6) is 0.224. The Morgan fingerprint density at radius 2 is 1.69 bits per heavy atom. The highest BCUT2D eigenvalue weighted by molar-refractivity contribution is 5.99. The average molecular weight is 392 g/mol. The summed E-state index contributed by atoms with van der Waals surface area (Å²) in [6.45, 7) is 4.35. The summed E-state index contributed by atoms with van der Waals surface area (Å²) in [5.41, 5.74) is 4.04. The minimum absolute atomic E-state index is 0.00937. The maximum Gasteiger partial charge on any atom is 0.410 e. The van der Waals surface area contributed by atoms with Crippen LogP contribution in [-0.2, 0) is 11.3 Å². The second-order valence-corrected chi connectivity index (χ2v) is 8.54. The van der Waals surface area contributed by atoms with Crippen LogP contribution in [0.2, 0.25) is 0 Å². The summed E-state index contributed by atoms with van der Waals surface area (Å²) in [6, 6.07) is 16.0. The van der Waals surface area contributed by atoms with Crippen molar-refractivity contribution in [2.45, 2.75) is 64.6 Å². The molecule has 152 valence electrons. The number of amides is 1. The first-order valence-electron chi connectivity index (χ1n) is 10.6. The van der Waals surface area contributed by atoms with Crippen molar-refractivity contribution in [3.8, 4) is 0 Å². The lowest BCUT2D eigenvalue weighted by atomic mass is 9.75. The first kappa shape index (κ1) is 19.7. The number of benzene rings is 2. The molecule has 0 aromatic heterocycles. The molecule has 29 heavy (non-hydrogen) atoms. The van der Waals surface area contributed by atoms with Gasteiger partial charge in [0.05, 0.1) is 0 Å². The van der Waals surface area contributed by atoms with E-state index in [1.807, 2.05) is 61.2 Å². The lowest BCUT2D eigenvalue weighted by molar-refractivity contribution is 0.00471. The standard InChI is InChI=1S/C25H29NO3/c1-17-11-12-23(18(2)13-17)24(27)20-14-21-9-6-10-22(15-20)26(21)25(28)29-16-19-7-4-3-5-8-19/h3-5,7-8,11-13,20-22H,6,9-10,14-16H2,1-2H3. The molecule has 1 amide bonds. The normalized spacial score (nSPS) is 23.5. The van der Waals surface area contributed by atoms with E-state index >= 15 is 0 Å². The van der Waals surface area contributed by atoms with Crippen LogP contribution < -0.4 is 0 Å². The molecule has 0 aliphatic carbocycles. The Balaban J connectivity index is 1.44. The highest BCUT2D eigenvalue weighted by Crippen LogP contribution is 2.39. The van der Waals surface area contributed by atoms with Crippen molar-refractivity contribution in [3.05, 3.63) is 70.8 Å². The largest absolute Gasteiger partial charge is 0.445 e. The van der Waals surface area contributed by atoms with E-state index in [0.29, 0.717) is 6.61 Å². The van der Waals surface area contributed by atoms with Gasteiger partial charge in [0.1, 0.15) is 6.61 Å². The van der Waals surface area contributed by atoms with Crippen LogP contribution in [0.3, 0.4) is 0 Å². The Labute approximate surface area is 172 Å². The Morgan fingerprint density at radius 1 is 1.00 bits per heavy atom. The predicted octanol–water partition coefficient (Wildman–Crippen LogP) is 5.46. The fourth-order valence-electron chi connectivity index (χ4n) is 5.00. The van der Waals surface area contributed by atoms with Gasteiger partial charge in [-0.2, -0.15) is 0 Å². The first-order chi connectivity index (χ1) is 14.0. The van der Waals surface area contributed by atoms with Gasteiger partial charge in [-0.3, -0.25) is 4.79 Å². The van der Waals surface area contributed by atoms with Gasteiger partial charge in [0.15, 0.2) is 5.78 Å². The number of piperidine rings is 2. The minimum atomic E-state index is -0.235. The average Bonchev–Trinajstić information content (AvgIpc) is 2.71. The second kappa shape index (κ2) is 8.40. The van der Waals surface area contributed by atoms with Crippen LogP contribution in [0.15, 0.2) is 48.5 Å². The van der Waals surface area contributed by atoms with Crippen molar-refractivity contribution in [3.63, 3.8) is 0 Å². The van der Waals surface area contributed by atoms with Crippen LogP contribution in [0.25, 0.3) is 0 Å². The molecule has 4 heteroatoms. The fourth-order valence-corrected chi connectivity index (χ4v) is 5.00. The van der Waals surface area contributed by atoms with E-state index in [9.17, 15) is 9.59 Å². The number of aryl methyl sites for hydroxylation is 2. The molecule has 2 atom stereocenters. The van der Waals surface area contributed by atoms with Gasteiger partial charge >= 0.3 is 6.09 Å². The van der Waals surface area contributed by atoms with Gasteiger partial charge in [0.2, 0.25) is 0 Å². The zero-order valence-electron chi connectivity index (χ0n) is 17.3. The summed E-state index contributed by atoms with van der Waals surface area (Å²) in [4.78, 5) is 28.0. The Hall–Kier alpha value is -2.62. The number of fused-ring (bicyclic) bond motifs is 2. The maximum atomic E-state index is 13.2. The number of hydrogen-bond acceptors (Lipinski definition) is 3. The zero-order chi connectivity index (χ0) is 20.4. The summed E-state index contributed by atoms with van der Waals surface area (Å²) in [6.07, 6.45) is 4.26. The lowest BCUT2D eigenvalue weighted by Gasteiger charge is -2.47. The molecule has 2 saturated heterocycles. The molecule has 2 fully saturated rings. The number of Topliss-reactive ketones (excluding diaryl/α,β-unsaturated/α-hetero) is 1. The molecule has 0 radical (unpaired) electrons. The number of carbonyl (C=O) groups is 2. The molecule has 0 spiro atoms. The monoisotopic (exact) mass is 391 g/mol. The Kier molecular flexibility index (Phi) is 5.70. The summed E-state index contributed by atoms with van der Waals surface area (Å²) >= 11 is 0. The highest BCUT2D eigenvalue weighted by Gasteiger charge is 2.43. The summed E-state index contributed by atoms with van der Waals surface area (Å²) in [7, 11) is 0. The van der Waals surface area contributed by atoms with Crippen LogP contribution in [0, 0.1) is 19.8 Å². The molecule has 2 bridgehead atoms. The second-order valence-electron chi connectivity index (χ2n) is 8.54. The topological polar surface area (TPSA) is 46.6 Å². The SMILES string of the molecule is Cc1ccc(C(=O)C2CC3CCCC(C2)N3C(=O)OCc2ccccc2)c(C)c1. The van der Waals surface area contributed by atoms with Gasteiger partial charge in [0, 0.05) is 23.6 Å². The molecule has 2 aromatic rings. The maximum absolute atomic E-state index is 13.2. The van der Waals surface area contributed by atoms with Gasteiger partial charge in [-0.1, -0.05) is 54.1 Å².